The summed E-state index contributed by atoms with van der Waals surface area (Å²) in [6.07, 6.45) is 3.67. The van der Waals surface area contributed by atoms with Gasteiger partial charge in [0.1, 0.15) is 0 Å². The summed E-state index contributed by atoms with van der Waals surface area (Å²) in [5, 5.41) is 0. The summed E-state index contributed by atoms with van der Waals surface area (Å²) < 4.78 is 5.13. The molecule has 0 aliphatic rings. The molecule has 0 fully saturated rings. The zero-order valence-electron chi connectivity index (χ0n) is 9.14. The Balaban J connectivity index is 3.03. The van der Waals surface area contributed by atoms with Crippen molar-refractivity contribution in [3.63, 3.8) is 0 Å². The maximum Gasteiger partial charge on any atom is 0.0916 e. The fourth-order valence-electron chi connectivity index (χ4n) is 1.02. The maximum absolute atomic E-state index is 5.22. The molecule has 0 aromatic rings. The highest BCUT2D eigenvalue weighted by Gasteiger charge is 1.99. The Morgan fingerprint density at radius 1 is 1.23 bits per heavy atom. The highest BCUT2D eigenvalue weighted by atomic mass is 16.7. The van der Waals surface area contributed by atoms with E-state index in [2.05, 4.69) is 19.3 Å². The van der Waals surface area contributed by atoms with Gasteiger partial charge in [0, 0.05) is 12.6 Å². The molecule has 1 N–H and O–H groups in total. The van der Waals surface area contributed by atoms with E-state index in [4.69, 9.17) is 9.57 Å². The van der Waals surface area contributed by atoms with Gasteiger partial charge >= 0.3 is 0 Å². The minimum absolute atomic E-state index is 0.446. The molecule has 0 saturated heterocycles. The number of nitrogens with one attached hydrogen (secondary N) is 1. The number of hydroxylamine groups is 1. The SMILES string of the molecule is CCCCC(C)NOCCOCC. The fraction of sp³-hybridized carbons (Fsp3) is 1.00. The van der Waals surface area contributed by atoms with Gasteiger partial charge in [-0.3, -0.25) is 4.84 Å². The molecular formula is C10H23NO2. The van der Waals surface area contributed by atoms with Crippen molar-refractivity contribution in [2.45, 2.75) is 46.1 Å². The molecule has 1 atom stereocenters. The Labute approximate surface area is 81.8 Å². The Bertz CT molecular complexity index is 98.9. The molecule has 0 heterocycles. The van der Waals surface area contributed by atoms with Crippen molar-refractivity contribution in [2.24, 2.45) is 0 Å². The normalized spacial score (nSPS) is 13.2. The molecule has 0 saturated carbocycles. The van der Waals surface area contributed by atoms with E-state index in [1.807, 2.05) is 6.92 Å². The molecule has 80 valence electrons. The summed E-state index contributed by atoms with van der Waals surface area (Å²) >= 11 is 0. The van der Waals surface area contributed by atoms with Crippen molar-refractivity contribution >= 4 is 0 Å². The zero-order valence-corrected chi connectivity index (χ0v) is 9.14. The van der Waals surface area contributed by atoms with Crippen molar-refractivity contribution in [3.8, 4) is 0 Å². The van der Waals surface area contributed by atoms with Crippen LogP contribution in [0.1, 0.15) is 40.0 Å². The molecule has 0 aromatic heterocycles. The van der Waals surface area contributed by atoms with Crippen molar-refractivity contribution in [3.05, 3.63) is 0 Å². The number of hydrogen-bond donors (Lipinski definition) is 1. The average Bonchev–Trinajstić information content (AvgIpc) is 2.14. The first-order chi connectivity index (χ1) is 6.31. The summed E-state index contributed by atoms with van der Waals surface area (Å²) in [7, 11) is 0. The van der Waals surface area contributed by atoms with Gasteiger partial charge in [0.2, 0.25) is 0 Å². The van der Waals surface area contributed by atoms with Crippen LogP contribution < -0.4 is 5.48 Å². The molecule has 0 bridgehead atoms. The second-order valence-electron chi connectivity index (χ2n) is 3.21. The van der Waals surface area contributed by atoms with Gasteiger partial charge in [0.05, 0.1) is 13.2 Å². The minimum atomic E-state index is 0.446. The largest absolute Gasteiger partial charge is 0.379 e. The van der Waals surface area contributed by atoms with E-state index >= 15 is 0 Å². The number of unbranched alkanes of at least 4 members (excludes halogenated alkanes) is 1. The number of rotatable bonds is 9. The molecule has 0 radical (unpaired) electrons. The predicted octanol–water partition coefficient (Wildman–Crippen LogP) is 2.12. The topological polar surface area (TPSA) is 30.5 Å². The van der Waals surface area contributed by atoms with Gasteiger partial charge < -0.3 is 4.74 Å². The smallest absolute Gasteiger partial charge is 0.0916 e. The molecule has 0 amide bonds. The van der Waals surface area contributed by atoms with Crippen LogP contribution in [0.4, 0.5) is 0 Å². The van der Waals surface area contributed by atoms with Crippen LogP contribution in [0, 0.1) is 0 Å². The molecule has 13 heavy (non-hydrogen) atoms. The lowest BCUT2D eigenvalue weighted by Gasteiger charge is -2.12. The van der Waals surface area contributed by atoms with Crippen LogP contribution in [0.2, 0.25) is 0 Å². The zero-order chi connectivity index (χ0) is 9.94. The van der Waals surface area contributed by atoms with Crippen LogP contribution in [-0.2, 0) is 9.57 Å². The number of hydrogen-bond acceptors (Lipinski definition) is 3. The van der Waals surface area contributed by atoms with Crippen molar-refractivity contribution in [1.29, 1.82) is 0 Å². The molecule has 0 rings (SSSR count). The standard InChI is InChI=1S/C10H23NO2/c1-4-6-7-10(3)11-13-9-8-12-5-2/h10-11H,4-9H2,1-3H3. The van der Waals surface area contributed by atoms with Gasteiger partial charge in [-0.05, 0) is 20.3 Å². The van der Waals surface area contributed by atoms with Crippen LogP contribution in [-0.4, -0.2) is 25.9 Å². The lowest BCUT2D eigenvalue weighted by molar-refractivity contribution is -0.0176. The monoisotopic (exact) mass is 189 g/mol. The van der Waals surface area contributed by atoms with E-state index < -0.39 is 0 Å². The highest BCUT2D eigenvalue weighted by molar-refractivity contribution is 4.53. The molecular weight excluding hydrogens is 166 g/mol. The van der Waals surface area contributed by atoms with Crippen LogP contribution in [0.15, 0.2) is 0 Å². The fourth-order valence-corrected chi connectivity index (χ4v) is 1.02. The highest BCUT2D eigenvalue weighted by Crippen LogP contribution is 1.98. The molecule has 0 aromatic carbocycles. The van der Waals surface area contributed by atoms with Gasteiger partial charge in [0.15, 0.2) is 0 Å². The van der Waals surface area contributed by atoms with E-state index in [9.17, 15) is 0 Å². The van der Waals surface area contributed by atoms with E-state index in [0.717, 1.165) is 6.61 Å². The Morgan fingerprint density at radius 3 is 2.62 bits per heavy atom. The van der Waals surface area contributed by atoms with Crippen molar-refractivity contribution < 1.29 is 9.57 Å². The average molecular weight is 189 g/mol. The third-order valence-electron chi connectivity index (χ3n) is 1.81. The summed E-state index contributed by atoms with van der Waals surface area (Å²) in [5.41, 5.74) is 3.00. The predicted molar refractivity (Wildman–Crippen MR) is 54.6 cm³/mol. The molecule has 0 aliphatic heterocycles. The lowest BCUT2D eigenvalue weighted by Crippen LogP contribution is -2.27. The van der Waals surface area contributed by atoms with Crippen molar-refractivity contribution in [2.75, 3.05) is 19.8 Å². The molecule has 0 spiro atoms. The Hall–Kier alpha value is -0.120. The number of ether oxygens (including phenoxy) is 1. The first-order valence-corrected chi connectivity index (χ1v) is 5.26. The second kappa shape index (κ2) is 9.96. The van der Waals surface area contributed by atoms with E-state index in [0.29, 0.717) is 19.3 Å². The van der Waals surface area contributed by atoms with Gasteiger partial charge in [-0.2, -0.15) is 5.48 Å². The van der Waals surface area contributed by atoms with Gasteiger partial charge in [-0.25, -0.2) is 0 Å². The summed E-state index contributed by atoms with van der Waals surface area (Å²) in [4.78, 5) is 5.22. The molecule has 1 unspecified atom stereocenters. The third-order valence-corrected chi connectivity index (χ3v) is 1.81. The van der Waals surface area contributed by atoms with Gasteiger partial charge in [0.25, 0.3) is 0 Å². The van der Waals surface area contributed by atoms with Gasteiger partial charge in [-0.1, -0.05) is 19.8 Å². The quantitative estimate of drug-likeness (QED) is 0.445. The Kier molecular flexibility index (Phi) is 9.87. The second-order valence-corrected chi connectivity index (χ2v) is 3.21. The van der Waals surface area contributed by atoms with E-state index in [1.165, 1.54) is 19.3 Å². The molecule has 3 heteroatoms. The van der Waals surface area contributed by atoms with E-state index in [-0.39, 0.29) is 0 Å². The van der Waals surface area contributed by atoms with Gasteiger partial charge in [-0.15, -0.1) is 0 Å². The van der Waals surface area contributed by atoms with Crippen LogP contribution in [0.5, 0.6) is 0 Å². The first kappa shape index (κ1) is 12.9. The summed E-state index contributed by atoms with van der Waals surface area (Å²) in [5.74, 6) is 0. The van der Waals surface area contributed by atoms with E-state index in [1.54, 1.807) is 0 Å². The molecule has 0 aliphatic carbocycles. The molecule has 3 nitrogen and oxygen atoms in total. The first-order valence-electron chi connectivity index (χ1n) is 5.26. The third kappa shape index (κ3) is 9.80. The van der Waals surface area contributed by atoms with Crippen LogP contribution in [0.3, 0.4) is 0 Å². The Morgan fingerprint density at radius 2 is 2.00 bits per heavy atom. The lowest BCUT2D eigenvalue weighted by atomic mass is 10.2. The maximum atomic E-state index is 5.22. The summed E-state index contributed by atoms with van der Waals surface area (Å²) in [6.45, 7) is 8.37. The van der Waals surface area contributed by atoms with Crippen LogP contribution in [0.25, 0.3) is 0 Å². The summed E-state index contributed by atoms with van der Waals surface area (Å²) in [6, 6.07) is 0.446. The minimum Gasteiger partial charge on any atom is -0.379 e. The van der Waals surface area contributed by atoms with Crippen molar-refractivity contribution in [1.82, 2.24) is 5.48 Å². The van der Waals surface area contributed by atoms with Crippen LogP contribution >= 0.6 is 0 Å².